The van der Waals surface area contributed by atoms with Crippen LogP contribution >= 0.6 is 0 Å². The van der Waals surface area contributed by atoms with Gasteiger partial charge in [-0.05, 0) is 38.1 Å². The molecular weight excluding hydrogens is 332 g/mol. The van der Waals surface area contributed by atoms with E-state index < -0.39 is 18.2 Å². The number of benzene rings is 1. The summed E-state index contributed by atoms with van der Waals surface area (Å²) in [5.41, 5.74) is 4.06. The fraction of sp³-hybridized carbons (Fsp3) is 0.389. The molecule has 4 rings (SSSR count). The first-order chi connectivity index (χ1) is 12.3. The van der Waals surface area contributed by atoms with Crippen molar-refractivity contribution >= 4 is 29.3 Å². The van der Waals surface area contributed by atoms with Gasteiger partial charge in [0.2, 0.25) is 5.96 Å². The van der Waals surface area contributed by atoms with Crippen LogP contribution in [-0.4, -0.2) is 61.0 Å². The van der Waals surface area contributed by atoms with E-state index in [0.717, 1.165) is 22.8 Å². The highest BCUT2D eigenvalue weighted by Gasteiger charge is 2.53. The molecule has 1 N–H and O–H groups in total. The second-order valence-electron chi connectivity index (χ2n) is 6.98. The van der Waals surface area contributed by atoms with Crippen LogP contribution in [0, 0.1) is 0 Å². The predicted octanol–water partition coefficient (Wildman–Crippen LogP) is 1.37. The lowest BCUT2D eigenvalue weighted by Gasteiger charge is -2.35. The zero-order valence-electron chi connectivity index (χ0n) is 15.5. The molecule has 136 valence electrons. The first-order valence-electron chi connectivity index (χ1n) is 8.51. The Morgan fingerprint density at radius 3 is 2.35 bits per heavy atom. The minimum absolute atomic E-state index is 0.311. The number of anilines is 2. The number of nitrogens with one attached hydrogen (secondary N) is 1. The van der Waals surface area contributed by atoms with Gasteiger partial charge in [0, 0.05) is 43.9 Å². The number of imide groups is 1. The summed E-state index contributed by atoms with van der Waals surface area (Å²) in [5, 5.41) is 2.41. The third kappa shape index (κ3) is 2.11. The second kappa shape index (κ2) is 5.48. The normalized spacial score (nSPS) is 24.7. The molecule has 0 aliphatic carbocycles. The molecular formula is C18H22N6O2. The topological polar surface area (TPSA) is 71.5 Å². The van der Waals surface area contributed by atoms with Crippen LogP contribution in [0.5, 0.6) is 0 Å². The Balaban J connectivity index is 1.76. The van der Waals surface area contributed by atoms with Gasteiger partial charge < -0.3 is 9.80 Å². The molecule has 2 unspecified atom stereocenters. The Bertz CT molecular complexity index is 857. The van der Waals surface area contributed by atoms with Crippen molar-refractivity contribution in [2.45, 2.75) is 26.1 Å². The SMILES string of the molecule is CC1=C(C)N2C(=NC3C2C(=O)NC(=O)N3C)N1c1ccc(N(C)C)cc1. The zero-order valence-corrected chi connectivity index (χ0v) is 15.5. The zero-order chi connectivity index (χ0) is 18.7. The Morgan fingerprint density at radius 2 is 1.73 bits per heavy atom. The molecule has 0 saturated carbocycles. The van der Waals surface area contributed by atoms with E-state index >= 15 is 0 Å². The lowest BCUT2D eigenvalue weighted by Crippen LogP contribution is -2.63. The van der Waals surface area contributed by atoms with Gasteiger partial charge in [-0.25, -0.2) is 9.79 Å². The number of carbonyl (C=O) groups is 2. The maximum absolute atomic E-state index is 12.5. The van der Waals surface area contributed by atoms with E-state index in [-0.39, 0.29) is 5.91 Å². The van der Waals surface area contributed by atoms with Crippen LogP contribution in [0.15, 0.2) is 40.7 Å². The summed E-state index contributed by atoms with van der Waals surface area (Å²) in [6.07, 6.45) is -0.516. The number of amides is 3. The van der Waals surface area contributed by atoms with Crippen LogP contribution in [0.4, 0.5) is 16.2 Å². The summed E-state index contributed by atoms with van der Waals surface area (Å²) in [4.78, 5) is 36.6. The van der Waals surface area contributed by atoms with Gasteiger partial charge >= 0.3 is 6.03 Å². The van der Waals surface area contributed by atoms with Gasteiger partial charge in [0.15, 0.2) is 12.2 Å². The highest BCUT2D eigenvalue weighted by molar-refractivity contribution is 6.10. The van der Waals surface area contributed by atoms with E-state index in [0.29, 0.717) is 5.96 Å². The highest BCUT2D eigenvalue weighted by Crippen LogP contribution is 2.38. The van der Waals surface area contributed by atoms with Crippen LogP contribution in [0.3, 0.4) is 0 Å². The van der Waals surface area contributed by atoms with E-state index in [4.69, 9.17) is 4.99 Å². The lowest BCUT2D eigenvalue weighted by atomic mass is 10.1. The number of likely N-dealkylation sites (N-methyl/N-ethyl adjacent to an activating group) is 1. The molecule has 3 aliphatic rings. The van der Waals surface area contributed by atoms with Gasteiger partial charge in [0.25, 0.3) is 5.91 Å². The van der Waals surface area contributed by atoms with E-state index in [1.54, 1.807) is 7.05 Å². The van der Waals surface area contributed by atoms with Crippen molar-refractivity contribution in [3.8, 4) is 0 Å². The molecule has 1 fully saturated rings. The summed E-state index contributed by atoms with van der Waals surface area (Å²) in [6, 6.07) is 7.22. The third-order valence-electron chi connectivity index (χ3n) is 5.28. The van der Waals surface area contributed by atoms with Crippen LogP contribution in [0.2, 0.25) is 0 Å². The molecule has 26 heavy (non-hydrogen) atoms. The first kappa shape index (κ1) is 16.4. The molecule has 1 saturated heterocycles. The van der Waals surface area contributed by atoms with E-state index in [2.05, 4.69) is 5.32 Å². The molecule has 8 nitrogen and oxygen atoms in total. The molecule has 3 aliphatic heterocycles. The molecule has 0 radical (unpaired) electrons. The standard InChI is InChI=1S/C18H22N6O2/c1-10-11(2)24-14-15(22(5)18(26)20-16(14)25)19-17(24)23(10)13-8-6-12(7-9-13)21(3)4/h6-9,14-15H,1-5H3,(H,20,25,26). The number of aliphatic imine (C=N–C) groups is 1. The minimum atomic E-state index is -0.534. The maximum atomic E-state index is 12.5. The third-order valence-corrected chi connectivity index (χ3v) is 5.28. The number of hydrogen-bond donors (Lipinski definition) is 1. The predicted molar refractivity (Wildman–Crippen MR) is 99.8 cm³/mol. The summed E-state index contributed by atoms with van der Waals surface area (Å²) >= 11 is 0. The highest BCUT2D eigenvalue weighted by atomic mass is 16.2. The van der Waals surface area contributed by atoms with Gasteiger partial charge in [-0.3, -0.25) is 19.9 Å². The Kier molecular flexibility index (Phi) is 3.47. The molecule has 8 heteroatoms. The number of nitrogens with zero attached hydrogens (tertiary/aromatic N) is 5. The van der Waals surface area contributed by atoms with Crippen molar-refractivity contribution in [3.05, 3.63) is 35.7 Å². The molecule has 3 amide bonds. The first-order valence-corrected chi connectivity index (χ1v) is 8.51. The number of carbonyl (C=O) groups excluding carboxylic acids is 2. The molecule has 2 atom stereocenters. The van der Waals surface area contributed by atoms with Crippen molar-refractivity contribution in [2.75, 3.05) is 30.9 Å². The number of guanidine groups is 1. The number of rotatable bonds is 2. The van der Waals surface area contributed by atoms with Crippen LogP contribution < -0.4 is 15.1 Å². The smallest absolute Gasteiger partial charge is 0.325 e. The van der Waals surface area contributed by atoms with Crippen LogP contribution in [-0.2, 0) is 4.79 Å². The minimum Gasteiger partial charge on any atom is -0.378 e. The molecule has 0 aromatic heterocycles. The summed E-state index contributed by atoms with van der Waals surface area (Å²) in [7, 11) is 5.66. The van der Waals surface area contributed by atoms with Crippen molar-refractivity contribution in [2.24, 2.45) is 4.99 Å². The van der Waals surface area contributed by atoms with Gasteiger partial charge in [-0.2, -0.15) is 0 Å². The Hall–Kier alpha value is -3.03. The second-order valence-corrected chi connectivity index (χ2v) is 6.98. The van der Waals surface area contributed by atoms with Gasteiger partial charge in [0.1, 0.15) is 0 Å². The van der Waals surface area contributed by atoms with Crippen molar-refractivity contribution in [1.82, 2.24) is 15.1 Å². The van der Waals surface area contributed by atoms with Gasteiger partial charge in [-0.15, -0.1) is 0 Å². The average molecular weight is 354 g/mol. The lowest BCUT2D eigenvalue weighted by molar-refractivity contribution is -0.126. The Morgan fingerprint density at radius 1 is 1.08 bits per heavy atom. The fourth-order valence-corrected chi connectivity index (χ4v) is 3.67. The number of hydrogen-bond acceptors (Lipinski definition) is 6. The molecule has 1 aromatic rings. The van der Waals surface area contributed by atoms with Gasteiger partial charge in [-0.1, -0.05) is 0 Å². The van der Waals surface area contributed by atoms with E-state index in [1.807, 2.05) is 66.9 Å². The number of urea groups is 1. The molecule has 0 bridgehead atoms. The van der Waals surface area contributed by atoms with Crippen LogP contribution in [0.1, 0.15) is 13.8 Å². The van der Waals surface area contributed by atoms with E-state index in [1.165, 1.54) is 4.90 Å². The summed E-state index contributed by atoms with van der Waals surface area (Å²) < 4.78 is 0. The monoisotopic (exact) mass is 354 g/mol. The Labute approximate surface area is 152 Å². The quantitative estimate of drug-likeness (QED) is 0.869. The van der Waals surface area contributed by atoms with Crippen molar-refractivity contribution in [3.63, 3.8) is 0 Å². The largest absolute Gasteiger partial charge is 0.378 e. The average Bonchev–Trinajstić information content (AvgIpc) is 3.10. The molecule has 3 heterocycles. The fourth-order valence-electron chi connectivity index (χ4n) is 3.67. The number of fused-ring (bicyclic) bond motifs is 3. The summed E-state index contributed by atoms with van der Waals surface area (Å²) in [5.74, 6) is 0.373. The molecule has 0 spiro atoms. The van der Waals surface area contributed by atoms with Crippen LogP contribution in [0.25, 0.3) is 0 Å². The van der Waals surface area contributed by atoms with Gasteiger partial charge in [0.05, 0.1) is 0 Å². The number of allylic oxidation sites excluding steroid dienone is 2. The van der Waals surface area contributed by atoms with Crippen molar-refractivity contribution in [1.29, 1.82) is 0 Å². The summed E-state index contributed by atoms with van der Waals surface area (Å²) in [6.45, 7) is 3.99. The molecule has 1 aromatic carbocycles. The van der Waals surface area contributed by atoms with E-state index in [9.17, 15) is 9.59 Å². The van der Waals surface area contributed by atoms with Crippen molar-refractivity contribution < 1.29 is 9.59 Å². The maximum Gasteiger partial charge on any atom is 0.325 e.